The van der Waals surface area contributed by atoms with E-state index >= 15 is 0 Å². The number of benzene rings is 1. The first-order valence-corrected chi connectivity index (χ1v) is 8.27. The first kappa shape index (κ1) is 15.6. The second-order valence-electron chi connectivity index (χ2n) is 5.29. The maximum absolute atomic E-state index is 12.4. The lowest BCUT2D eigenvalue weighted by Crippen LogP contribution is -2.64. The maximum atomic E-state index is 12.4. The molecule has 0 saturated carbocycles. The highest BCUT2D eigenvalue weighted by molar-refractivity contribution is 8.00. The van der Waals surface area contributed by atoms with E-state index in [4.69, 9.17) is 0 Å². The molecule has 2 atom stereocenters. The van der Waals surface area contributed by atoms with Crippen molar-refractivity contribution >= 4 is 29.9 Å². The molecule has 23 heavy (non-hydrogen) atoms. The van der Waals surface area contributed by atoms with Crippen molar-refractivity contribution in [2.24, 2.45) is 4.99 Å². The zero-order valence-corrected chi connectivity index (χ0v) is 13.2. The number of hydrogen-bond acceptors (Lipinski definition) is 4. The van der Waals surface area contributed by atoms with Crippen molar-refractivity contribution in [1.82, 2.24) is 4.90 Å². The molecule has 2 heterocycles. The van der Waals surface area contributed by atoms with E-state index in [1.807, 2.05) is 30.3 Å². The Morgan fingerprint density at radius 2 is 2.17 bits per heavy atom. The molecule has 0 bridgehead atoms. The van der Waals surface area contributed by atoms with Crippen LogP contribution in [0, 0.1) is 0 Å². The van der Waals surface area contributed by atoms with Gasteiger partial charge in [0.15, 0.2) is 6.04 Å². The van der Waals surface area contributed by atoms with Crippen molar-refractivity contribution in [2.75, 3.05) is 5.75 Å². The normalized spacial score (nSPS) is 23.7. The molecule has 1 aromatic carbocycles. The predicted molar refractivity (Wildman–Crippen MR) is 90.4 cm³/mol. The Morgan fingerprint density at radius 3 is 2.83 bits per heavy atom. The van der Waals surface area contributed by atoms with Crippen LogP contribution in [0.5, 0.6) is 0 Å². The molecule has 0 spiro atoms. The van der Waals surface area contributed by atoms with Crippen molar-refractivity contribution < 1.29 is 14.7 Å². The zero-order valence-electron chi connectivity index (χ0n) is 12.4. The van der Waals surface area contributed by atoms with Crippen LogP contribution in [-0.2, 0) is 9.59 Å². The van der Waals surface area contributed by atoms with Gasteiger partial charge in [0.25, 0.3) is 5.91 Å². The van der Waals surface area contributed by atoms with Crippen molar-refractivity contribution in [3.8, 4) is 0 Å². The van der Waals surface area contributed by atoms with Gasteiger partial charge in [-0.15, -0.1) is 18.3 Å². The molecule has 1 aromatic rings. The molecule has 118 valence electrons. The van der Waals surface area contributed by atoms with Gasteiger partial charge in [0.1, 0.15) is 11.1 Å². The number of nitrogens with zero attached hydrogens (tertiary/aromatic N) is 2. The number of hydrogen-bond donors (Lipinski definition) is 1. The molecule has 5 nitrogen and oxygen atoms in total. The third kappa shape index (κ3) is 2.82. The third-order valence-corrected chi connectivity index (χ3v) is 5.12. The molecule has 1 saturated heterocycles. The smallest absolute Gasteiger partial charge is 0.352 e. The highest BCUT2D eigenvalue weighted by Crippen LogP contribution is 2.42. The Labute approximate surface area is 138 Å². The molecule has 6 heteroatoms. The van der Waals surface area contributed by atoms with E-state index < -0.39 is 12.0 Å². The summed E-state index contributed by atoms with van der Waals surface area (Å²) in [5, 5.41) is 9.20. The summed E-state index contributed by atoms with van der Waals surface area (Å²) in [5.74, 6) is -0.737. The fraction of sp³-hybridized carbons (Fsp3) is 0.235. The number of thioether (sulfide) groups is 1. The van der Waals surface area contributed by atoms with E-state index in [1.54, 1.807) is 24.1 Å². The van der Waals surface area contributed by atoms with Crippen LogP contribution in [0.1, 0.15) is 12.0 Å². The fourth-order valence-corrected chi connectivity index (χ4v) is 4.06. The number of carbonyl (C=O) groups excluding carboxylic acids is 1. The summed E-state index contributed by atoms with van der Waals surface area (Å²) >= 11 is 1.55. The van der Waals surface area contributed by atoms with Crippen LogP contribution in [0.2, 0.25) is 0 Å². The molecule has 0 radical (unpaired) electrons. The van der Waals surface area contributed by atoms with Crippen molar-refractivity contribution in [1.29, 1.82) is 0 Å². The summed E-state index contributed by atoms with van der Waals surface area (Å²) in [6, 6.07) is 9.01. The van der Waals surface area contributed by atoms with Gasteiger partial charge in [-0.25, -0.2) is 4.79 Å². The van der Waals surface area contributed by atoms with Crippen molar-refractivity contribution in [3.63, 3.8) is 0 Å². The summed E-state index contributed by atoms with van der Waals surface area (Å²) in [6.45, 7) is 3.64. The van der Waals surface area contributed by atoms with Crippen LogP contribution < -0.4 is 0 Å². The van der Waals surface area contributed by atoms with Crippen molar-refractivity contribution in [3.05, 3.63) is 59.8 Å². The average molecular weight is 328 g/mol. The van der Waals surface area contributed by atoms with E-state index in [-0.39, 0.29) is 17.0 Å². The highest BCUT2D eigenvalue weighted by atomic mass is 32.2. The second-order valence-corrected chi connectivity index (χ2v) is 6.40. The lowest BCUT2D eigenvalue weighted by Gasteiger charge is -2.47. The number of carboxylic acids is 1. The molecule has 2 aliphatic heterocycles. The van der Waals surface area contributed by atoms with Crippen LogP contribution >= 0.6 is 11.8 Å². The minimum atomic E-state index is -1.06. The first-order valence-electron chi connectivity index (χ1n) is 7.22. The molecule has 0 aromatic heterocycles. The Bertz CT molecular complexity index is 712. The van der Waals surface area contributed by atoms with E-state index in [0.29, 0.717) is 12.2 Å². The van der Waals surface area contributed by atoms with E-state index in [9.17, 15) is 14.7 Å². The number of carbonyl (C=O) groups is 2. The van der Waals surface area contributed by atoms with Crippen LogP contribution in [0.3, 0.4) is 0 Å². The average Bonchev–Trinajstić information content (AvgIpc) is 2.55. The minimum absolute atomic E-state index is 0.102. The highest BCUT2D eigenvalue weighted by Gasteiger charge is 2.53. The van der Waals surface area contributed by atoms with Gasteiger partial charge in [-0.2, -0.15) is 0 Å². The number of β-lactam (4-membered cyclic amide) rings is 1. The van der Waals surface area contributed by atoms with Gasteiger partial charge >= 0.3 is 5.97 Å². The van der Waals surface area contributed by atoms with Gasteiger partial charge in [0, 0.05) is 12.0 Å². The number of allylic oxidation sites excluding steroid dienone is 1. The van der Waals surface area contributed by atoms with Crippen LogP contribution in [0.15, 0.2) is 59.2 Å². The Balaban J connectivity index is 1.81. The van der Waals surface area contributed by atoms with E-state index in [2.05, 4.69) is 11.6 Å². The topological polar surface area (TPSA) is 70.0 Å². The Kier molecular flexibility index (Phi) is 4.34. The molecular weight excluding hydrogens is 312 g/mol. The number of amides is 1. The van der Waals surface area contributed by atoms with Crippen LogP contribution in [-0.4, -0.2) is 45.3 Å². The standard InChI is InChI=1S/C17H16N2O3S/c1-2-6-12-10-23-16-13(15(20)19(16)14(12)17(21)22)18-9-11-7-4-3-5-8-11/h2-5,7-9,13,16H,1,6,10H2,(H,21,22)/t13?,16-/m1/s1. The Hall–Kier alpha value is -2.34. The predicted octanol–water partition coefficient (Wildman–Crippen LogP) is 2.30. The van der Waals surface area contributed by atoms with Gasteiger partial charge in [0.2, 0.25) is 0 Å². The van der Waals surface area contributed by atoms with Gasteiger partial charge in [-0.05, 0) is 17.6 Å². The minimum Gasteiger partial charge on any atom is -0.477 e. The summed E-state index contributed by atoms with van der Waals surface area (Å²) in [5.41, 5.74) is 1.75. The monoisotopic (exact) mass is 328 g/mol. The van der Waals surface area contributed by atoms with E-state index in [1.165, 1.54) is 4.90 Å². The van der Waals surface area contributed by atoms with Gasteiger partial charge < -0.3 is 5.11 Å². The fourth-order valence-electron chi connectivity index (χ4n) is 2.70. The maximum Gasteiger partial charge on any atom is 0.352 e. The van der Waals surface area contributed by atoms with Gasteiger partial charge in [-0.3, -0.25) is 14.7 Å². The number of aliphatic carboxylic acids is 1. The van der Waals surface area contributed by atoms with Crippen LogP contribution in [0.4, 0.5) is 0 Å². The quantitative estimate of drug-likeness (QED) is 0.511. The summed E-state index contributed by atoms with van der Waals surface area (Å²) < 4.78 is 0. The molecule has 1 fully saturated rings. The third-order valence-electron chi connectivity index (χ3n) is 3.80. The van der Waals surface area contributed by atoms with Gasteiger partial charge in [0.05, 0.1) is 0 Å². The molecule has 1 unspecified atom stereocenters. The first-order chi connectivity index (χ1) is 11.1. The number of carboxylic acid groups (broad SMARTS) is 1. The summed E-state index contributed by atoms with van der Waals surface area (Å²) in [7, 11) is 0. The molecular formula is C17H16N2O3S. The molecule has 1 N–H and O–H groups in total. The second kappa shape index (κ2) is 6.42. The summed E-state index contributed by atoms with van der Waals surface area (Å²) in [4.78, 5) is 29.6. The molecule has 1 amide bonds. The van der Waals surface area contributed by atoms with E-state index in [0.717, 1.165) is 11.1 Å². The SMILES string of the molecule is C=CCC1=C(C(=O)O)N2C(=O)C(N=Cc3ccccc3)[C@H]2SC1. The molecule has 3 rings (SSSR count). The zero-order chi connectivity index (χ0) is 16.4. The number of fused-ring (bicyclic) bond motifs is 1. The largest absolute Gasteiger partial charge is 0.477 e. The number of aliphatic imine (C=N–C) groups is 1. The summed E-state index contributed by atoms with van der Waals surface area (Å²) in [6.07, 6.45) is 3.81. The number of rotatable bonds is 5. The Morgan fingerprint density at radius 1 is 1.43 bits per heavy atom. The molecule has 0 aliphatic carbocycles. The van der Waals surface area contributed by atoms with Gasteiger partial charge in [-0.1, -0.05) is 36.4 Å². The van der Waals surface area contributed by atoms with Crippen molar-refractivity contribution in [2.45, 2.75) is 17.8 Å². The van der Waals surface area contributed by atoms with Crippen LogP contribution in [0.25, 0.3) is 0 Å². The molecule has 2 aliphatic rings. The lowest BCUT2D eigenvalue weighted by atomic mass is 10.0. The lowest BCUT2D eigenvalue weighted by molar-refractivity contribution is -0.147.